The van der Waals surface area contributed by atoms with Gasteiger partial charge in [-0.3, -0.25) is 9.78 Å². The maximum atomic E-state index is 11.7. The molecule has 1 aliphatic heterocycles. The van der Waals surface area contributed by atoms with Gasteiger partial charge in [-0.25, -0.2) is 0 Å². The van der Waals surface area contributed by atoms with Gasteiger partial charge in [-0.15, -0.1) is 0 Å². The lowest BCUT2D eigenvalue weighted by atomic mass is 10.1. The van der Waals surface area contributed by atoms with E-state index >= 15 is 0 Å². The third-order valence-electron chi connectivity index (χ3n) is 4.63. The Balaban J connectivity index is 1.77. The highest BCUT2D eigenvalue weighted by atomic mass is 16.1. The van der Waals surface area contributed by atoms with Crippen molar-refractivity contribution in [3.8, 4) is 0 Å². The van der Waals surface area contributed by atoms with Crippen LogP contribution in [0.4, 0.5) is 0 Å². The first kappa shape index (κ1) is 16.0. The maximum Gasteiger partial charge on any atom is 0.222 e. The number of nitrogens with one attached hydrogen (secondary N) is 1. The van der Waals surface area contributed by atoms with Crippen LogP contribution in [0, 0.1) is 5.92 Å². The minimum Gasteiger partial charge on any atom is -0.356 e. The Kier molecular flexibility index (Phi) is 4.66. The molecule has 0 aromatic carbocycles. The molecule has 0 aliphatic carbocycles. The smallest absolute Gasteiger partial charge is 0.222 e. The minimum absolute atomic E-state index is 0.0526. The van der Waals surface area contributed by atoms with Crippen LogP contribution in [-0.4, -0.2) is 40.5 Å². The molecular formula is C18H26N4O. The predicted octanol–water partition coefficient (Wildman–Crippen LogP) is 2.19. The Morgan fingerprint density at radius 1 is 1.43 bits per heavy atom. The number of rotatable bonds is 5. The van der Waals surface area contributed by atoms with Crippen molar-refractivity contribution in [2.45, 2.75) is 39.8 Å². The lowest BCUT2D eigenvalue weighted by Crippen LogP contribution is -2.30. The summed E-state index contributed by atoms with van der Waals surface area (Å²) in [5.74, 6) is 0.187. The van der Waals surface area contributed by atoms with E-state index in [9.17, 15) is 4.79 Å². The maximum absolute atomic E-state index is 11.7. The van der Waals surface area contributed by atoms with Crippen LogP contribution in [0.3, 0.4) is 0 Å². The summed E-state index contributed by atoms with van der Waals surface area (Å²) in [5, 5.41) is 4.28. The SMILES string of the molecule is CC(C)C(=O)NCCCn1c2c(c3cnccc31)CN(C)CC2. The molecule has 0 fully saturated rings. The molecule has 1 aliphatic rings. The Morgan fingerprint density at radius 3 is 3.04 bits per heavy atom. The van der Waals surface area contributed by atoms with E-state index in [0.717, 1.165) is 39.0 Å². The quantitative estimate of drug-likeness (QED) is 0.861. The lowest BCUT2D eigenvalue weighted by Gasteiger charge is -2.24. The van der Waals surface area contributed by atoms with Crippen molar-refractivity contribution < 1.29 is 4.79 Å². The fraction of sp³-hybridized carbons (Fsp3) is 0.556. The number of amides is 1. The van der Waals surface area contributed by atoms with Gasteiger partial charge in [0.15, 0.2) is 0 Å². The Bertz CT molecular complexity index is 704. The van der Waals surface area contributed by atoms with Gasteiger partial charge in [0.2, 0.25) is 5.91 Å². The van der Waals surface area contributed by atoms with Gasteiger partial charge in [0, 0.05) is 62.0 Å². The molecule has 3 heterocycles. The lowest BCUT2D eigenvalue weighted by molar-refractivity contribution is -0.123. The molecule has 3 rings (SSSR count). The summed E-state index contributed by atoms with van der Waals surface area (Å²) in [5.41, 5.74) is 4.14. The highest BCUT2D eigenvalue weighted by molar-refractivity contribution is 5.85. The van der Waals surface area contributed by atoms with Crippen molar-refractivity contribution >= 4 is 16.8 Å². The summed E-state index contributed by atoms with van der Waals surface area (Å²) in [4.78, 5) is 18.3. The molecule has 0 saturated heterocycles. The number of hydrogen-bond acceptors (Lipinski definition) is 3. The monoisotopic (exact) mass is 314 g/mol. The standard InChI is InChI=1S/C18H26N4O/c1-13(2)18(23)20-7-4-9-22-16-5-8-19-11-14(16)15-12-21(3)10-6-17(15)22/h5,8,11,13H,4,6-7,9-10,12H2,1-3H3,(H,20,23). The van der Waals surface area contributed by atoms with Gasteiger partial charge in [0.1, 0.15) is 0 Å². The number of likely N-dealkylation sites (N-methyl/N-ethyl adjacent to an activating group) is 1. The molecule has 5 nitrogen and oxygen atoms in total. The second kappa shape index (κ2) is 6.71. The number of fused-ring (bicyclic) bond motifs is 3. The van der Waals surface area contributed by atoms with E-state index in [1.807, 2.05) is 26.2 Å². The molecule has 124 valence electrons. The van der Waals surface area contributed by atoms with Crippen LogP contribution in [0.1, 0.15) is 31.5 Å². The summed E-state index contributed by atoms with van der Waals surface area (Å²) in [6.07, 6.45) is 5.89. The van der Waals surface area contributed by atoms with Crippen molar-refractivity contribution in [3.63, 3.8) is 0 Å². The molecule has 0 saturated carbocycles. The number of carbonyl (C=O) groups excluding carboxylic acids is 1. The van der Waals surface area contributed by atoms with E-state index in [4.69, 9.17) is 0 Å². The van der Waals surface area contributed by atoms with Crippen LogP contribution in [0.2, 0.25) is 0 Å². The molecule has 0 spiro atoms. The van der Waals surface area contributed by atoms with Gasteiger partial charge < -0.3 is 14.8 Å². The van der Waals surface area contributed by atoms with Gasteiger partial charge in [0.05, 0.1) is 5.52 Å². The Morgan fingerprint density at radius 2 is 2.26 bits per heavy atom. The van der Waals surface area contributed by atoms with Gasteiger partial charge >= 0.3 is 0 Å². The summed E-state index contributed by atoms with van der Waals surface area (Å²) < 4.78 is 2.43. The van der Waals surface area contributed by atoms with Gasteiger partial charge in [-0.1, -0.05) is 13.8 Å². The van der Waals surface area contributed by atoms with Crippen molar-refractivity contribution in [3.05, 3.63) is 29.7 Å². The largest absolute Gasteiger partial charge is 0.356 e. The highest BCUT2D eigenvalue weighted by Crippen LogP contribution is 2.30. The number of hydrogen-bond donors (Lipinski definition) is 1. The van der Waals surface area contributed by atoms with Crippen LogP contribution in [0.5, 0.6) is 0 Å². The predicted molar refractivity (Wildman–Crippen MR) is 92.2 cm³/mol. The van der Waals surface area contributed by atoms with Crippen LogP contribution in [0.15, 0.2) is 18.5 Å². The van der Waals surface area contributed by atoms with Gasteiger partial charge in [-0.05, 0) is 25.1 Å². The second-order valence-corrected chi connectivity index (χ2v) is 6.76. The molecule has 0 radical (unpaired) electrons. The highest BCUT2D eigenvalue weighted by Gasteiger charge is 2.22. The zero-order valence-corrected chi connectivity index (χ0v) is 14.3. The molecule has 23 heavy (non-hydrogen) atoms. The number of nitrogens with zero attached hydrogens (tertiary/aromatic N) is 3. The third-order valence-corrected chi connectivity index (χ3v) is 4.63. The second-order valence-electron chi connectivity index (χ2n) is 6.76. The Labute approximate surface area is 137 Å². The minimum atomic E-state index is 0.0526. The number of pyridine rings is 1. The van der Waals surface area contributed by atoms with E-state index in [-0.39, 0.29) is 11.8 Å². The summed E-state index contributed by atoms with van der Waals surface area (Å²) in [7, 11) is 2.17. The van der Waals surface area contributed by atoms with Crippen LogP contribution in [-0.2, 0) is 24.3 Å². The third kappa shape index (κ3) is 3.24. The molecule has 0 bridgehead atoms. The van der Waals surface area contributed by atoms with Gasteiger partial charge in [0.25, 0.3) is 0 Å². The molecule has 5 heteroatoms. The zero-order valence-electron chi connectivity index (χ0n) is 14.3. The van der Waals surface area contributed by atoms with Crippen molar-refractivity contribution in [2.24, 2.45) is 5.92 Å². The number of aromatic nitrogens is 2. The van der Waals surface area contributed by atoms with E-state index in [0.29, 0.717) is 0 Å². The summed E-state index contributed by atoms with van der Waals surface area (Å²) in [6, 6.07) is 2.11. The van der Waals surface area contributed by atoms with Crippen molar-refractivity contribution in [1.29, 1.82) is 0 Å². The molecule has 2 aromatic rings. The molecule has 1 N–H and O–H groups in total. The van der Waals surface area contributed by atoms with Crippen LogP contribution in [0.25, 0.3) is 10.9 Å². The van der Waals surface area contributed by atoms with E-state index < -0.39 is 0 Å². The van der Waals surface area contributed by atoms with Crippen LogP contribution >= 0.6 is 0 Å². The van der Waals surface area contributed by atoms with E-state index in [1.54, 1.807) is 0 Å². The molecule has 0 unspecified atom stereocenters. The topological polar surface area (TPSA) is 50.2 Å². The molecule has 0 atom stereocenters. The van der Waals surface area contributed by atoms with E-state index in [1.165, 1.54) is 22.2 Å². The zero-order chi connectivity index (χ0) is 16.4. The molecular weight excluding hydrogens is 288 g/mol. The van der Waals surface area contributed by atoms with Crippen LogP contribution < -0.4 is 5.32 Å². The summed E-state index contributed by atoms with van der Waals surface area (Å²) >= 11 is 0. The number of carbonyl (C=O) groups is 1. The van der Waals surface area contributed by atoms with Crippen molar-refractivity contribution in [2.75, 3.05) is 20.1 Å². The summed E-state index contributed by atoms with van der Waals surface area (Å²) in [6.45, 7) is 7.62. The molecule has 1 amide bonds. The fourth-order valence-electron chi connectivity index (χ4n) is 3.34. The molecule has 2 aromatic heterocycles. The first-order chi connectivity index (χ1) is 11.1. The average Bonchev–Trinajstić information content (AvgIpc) is 2.85. The normalized spacial score (nSPS) is 15.1. The van der Waals surface area contributed by atoms with Gasteiger partial charge in [-0.2, -0.15) is 0 Å². The van der Waals surface area contributed by atoms with E-state index in [2.05, 4.69) is 32.9 Å². The first-order valence-corrected chi connectivity index (χ1v) is 8.48. The Hall–Kier alpha value is -1.88. The average molecular weight is 314 g/mol. The number of aryl methyl sites for hydroxylation is 1. The first-order valence-electron chi connectivity index (χ1n) is 8.48. The van der Waals surface area contributed by atoms with Crippen molar-refractivity contribution in [1.82, 2.24) is 19.8 Å². The fourth-order valence-corrected chi connectivity index (χ4v) is 3.34.